The Morgan fingerprint density at radius 2 is 1.77 bits per heavy atom. The zero-order valence-corrected chi connectivity index (χ0v) is 16.6. The van der Waals surface area contributed by atoms with Gasteiger partial charge in [-0.15, -0.1) is 0 Å². The van der Waals surface area contributed by atoms with Crippen molar-refractivity contribution in [3.05, 3.63) is 58.1 Å². The van der Waals surface area contributed by atoms with Crippen LogP contribution in [0.25, 0.3) is 0 Å². The van der Waals surface area contributed by atoms with Crippen molar-refractivity contribution >= 4 is 33.4 Å². The summed E-state index contributed by atoms with van der Waals surface area (Å²) in [6.45, 7) is 5.27. The van der Waals surface area contributed by atoms with Crippen LogP contribution in [0.3, 0.4) is 0 Å². The van der Waals surface area contributed by atoms with Gasteiger partial charge in [-0.2, -0.15) is 0 Å². The van der Waals surface area contributed by atoms with Crippen molar-refractivity contribution in [1.82, 2.24) is 5.32 Å². The van der Waals surface area contributed by atoms with Crippen LogP contribution in [0.1, 0.15) is 47.4 Å². The average molecular weight is 419 g/mol. The monoisotopic (exact) mass is 418 g/mol. The fourth-order valence-corrected chi connectivity index (χ4v) is 2.75. The third kappa shape index (κ3) is 5.59. The molecule has 0 aliphatic rings. The molecule has 0 aliphatic carbocycles. The number of carbonyl (C=O) groups is 2. The number of hydrogen-bond donors (Lipinski definition) is 2. The first kappa shape index (κ1) is 20.0. The van der Waals surface area contributed by atoms with Crippen LogP contribution in [0, 0.1) is 0 Å². The molecule has 26 heavy (non-hydrogen) atoms. The summed E-state index contributed by atoms with van der Waals surface area (Å²) in [5, 5.41) is 5.64. The maximum atomic E-state index is 12.5. The van der Waals surface area contributed by atoms with Crippen LogP contribution in [0.2, 0.25) is 0 Å². The highest BCUT2D eigenvalue weighted by Crippen LogP contribution is 2.26. The van der Waals surface area contributed by atoms with Crippen LogP contribution in [0.15, 0.2) is 46.9 Å². The molecule has 138 valence electrons. The minimum absolute atomic E-state index is 0.150. The van der Waals surface area contributed by atoms with E-state index in [1.54, 1.807) is 42.5 Å². The number of benzene rings is 2. The number of rotatable bonds is 8. The summed E-state index contributed by atoms with van der Waals surface area (Å²) >= 11 is 3.43. The third-order valence-electron chi connectivity index (χ3n) is 3.57. The Labute approximate surface area is 162 Å². The first-order valence-electron chi connectivity index (χ1n) is 8.67. The first-order chi connectivity index (χ1) is 12.5. The fourth-order valence-electron chi connectivity index (χ4n) is 2.25. The quantitative estimate of drug-likeness (QED) is 0.656. The molecule has 2 amide bonds. The van der Waals surface area contributed by atoms with Gasteiger partial charge in [0.15, 0.2) is 0 Å². The van der Waals surface area contributed by atoms with E-state index in [1.807, 2.05) is 13.8 Å². The Morgan fingerprint density at radius 3 is 2.46 bits per heavy atom. The summed E-state index contributed by atoms with van der Waals surface area (Å²) in [6, 6.07) is 12.1. The maximum Gasteiger partial charge on any atom is 0.255 e. The Hall–Kier alpha value is -2.34. The van der Waals surface area contributed by atoms with Crippen LogP contribution in [-0.2, 0) is 0 Å². The molecule has 2 aromatic carbocycles. The van der Waals surface area contributed by atoms with E-state index in [-0.39, 0.29) is 11.8 Å². The van der Waals surface area contributed by atoms with Gasteiger partial charge in [-0.3, -0.25) is 9.59 Å². The van der Waals surface area contributed by atoms with Crippen LogP contribution in [0.5, 0.6) is 5.75 Å². The predicted octanol–water partition coefficient (Wildman–Crippen LogP) is 4.63. The lowest BCUT2D eigenvalue weighted by Crippen LogP contribution is -2.24. The van der Waals surface area contributed by atoms with E-state index >= 15 is 0 Å². The van der Waals surface area contributed by atoms with Crippen LogP contribution < -0.4 is 15.4 Å². The van der Waals surface area contributed by atoms with Crippen LogP contribution >= 0.6 is 15.9 Å². The summed E-state index contributed by atoms with van der Waals surface area (Å²) < 4.78 is 6.32. The van der Waals surface area contributed by atoms with E-state index < -0.39 is 0 Å². The summed E-state index contributed by atoms with van der Waals surface area (Å²) in [4.78, 5) is 24.5. The lowest BCUT2D eigenvalue weighted by atomic mass is 10.1. The van der Waals surface area contributed by atoms with Crippen LogP contribution in [0.4, 0.5) is 5.69 Å². The molecule has 2 aromatic rings. The molecule has 0 spiro atoms. The molecule has 0 fully saturated rings. The second-order valence-corrected chi connectivity index (χ2v) is 6.64. The standard InChI is InChI=1S/C20H23BrN2O3/c1-3-10-22-19(24)14-6-5-7-16(12-14)23-20(25)15-8-9-18(17(21)13-15)26-11-4-2/h5-9,12-13H,3-4,10-11H2,1-2H3,(H,22,24)(H,23,25). The number of nitrogens with one attached hydrogen (secondary N) is 2. The minimum Gasteiger partial charge on any atom is -0.492 e. The molecule has 0 atom stereocenters. The highest BCUT2D eigenvalue weighted by molar-refractivity contribution is 9.10. The van der Waals surface area contributed by atoms with Gasteiger partial charge in [0.2, 0.25) is 0 Å². The van der Waals surface area contributed by atoms with Gasteiger partial charge in [-0.25, -0.2) is 0 Å². The molecule has 5 nitrogen and oxygen atoms in total. The number of carbonyl (C=O) groups excluding carboxylic acids is 2. The van der Waals surface area contributed by atoms with Crippen molar-refractivity contribution in [2.75, 3.05) is 18.5 Å². The van der Waals surface area contributed by atoms with Crippen molar-refractivity contribution in [2.24, 2.45) is 0 Å². The smallest absolute Gasteiger partial charge is 0.255 e. The Bertz CT molecular complexity index is 777. The third-order valence-corrected chi connectivity index (χ3v) is 4.19. The van der Waals surface area contributed by atoms with Gasteiger partial charge in [-0.1, -0.05) is 19.9 Å². The zero-order valence-electron chi connectivity index (χ0n) is 15.0. The normalized spacial score (nSPS) is 10.3. The molecule has 0 heterocycles. The Balaban J connectivity index is 2.07. The van der Waals surface area contributed by atoms with Gasteiger partial charge in [0, 0.05) is 23.4 Å². The molecule has 0 unspecified atom stereocenters. The highest BCUT2D eigenvalue weighted by Gasteiger charge is 2.11. The van der Waals surface area contributed by atoms with E-state index in [0.29, 0.717) is 35.7 Å². The number of hydrogen-bond acceptors (Lipinski definition) is 3. The fraction of sp³-hybridized carbons (Fsp3) is 0.300. The lowest BCUT2D eigenvalue weighted by Gasteiger charge is -2.10. The minimum atomic E-state index is -0.251. The van der Waals surface area contributed by atoms with E-state index in [9.17, 15) is 9.59 Å². The molecule has 0 saturated heterocycles. The molecule has 0 aliphatic heterocycles. The second-order valence-electron chi connectivity index (χ2n) is 5.78. The number of anilines is 1. The number of ether oxygens (including phenoxy) is 1. The number of halogens is 1. The van der Waals surface area contributed by atoms with E-state index in [0.717, 1.165) is 17.3 Å². The van der Waals surface area contributed by atoms with E-state index in [1.165, 1.54) is 0 Å². The zero-order chi connectivity index (χ0) is 18.9. The second kappa shape index (κ2) is 9.97. The van der Waals surface area contributed by atoms with Gasteiger partial charge in [0.05, 0.1) is 11.1 Å². The van der Waals surface area contributed by atoms with Gasteiger partial charge < -0.3 is 15.4 Å². The summed E-state index contributed by atoms with van der Waals surface area (Å²) in [6.07, 6.45) is 1.78. The summed E-state index contributed by atoms with van der Waals surface area (Å²) in [5.41, 5.74) is 1.59. The molecule has 0 saturated carbocycles. The van der Waals surface area contributed by atoms with Crippen molar-refractivity contribution in [1.29, 1.82) is 0 Å². The van der Waals surface area contributed by atoms with Gasteiger partial charge in [0.25, 0.3) is 11.8 Å². The van der Waals surface area contributed by atoms with Crippen LogP contribution in [-0.4, -0.2) is 25.0 Å². The Kier molecular flexibility index (Phi) is 7.66. The van der Waals surface area contributed by atoms with Crippen molar-refractivity contribution in [3.63, 3.8) is 0 Å². The molecule has 0 radical (unpaired) electrons. The van der Waals surface area contributed by atoms with Gasteiger partial charge in [0.1, 0.15) is 5.75 Å². The molecule has 0 aromatic heterocycles. The SMILES string of the molecule is CCCNC(=O)c1cccc(NC(=O)c2ccc(OCCC)c(Br)c2)c1. The van der Waals surface area contributed by atoms with Crippen molar-refractivity contribution < 1.29 is 14.3 Å². The van der Waals surface area contributed by atoms with Gasteiger partial charge in [-0.05, 0) is 65.2 Å². The van der Waals surface area contributed by atoms with Crippen molar-refractivity contribution in [3.8, 4) is 5.75 Å². The average Bonchev–Trinajstić information content (AvgIpc) is 2.65. The van der Waals surface area contributed by atoms with Gasteiger partial charge >= 0.3 is 0 Å². The maximum absolute atomic E-state index is 12.5. The Morgan fingerprint density at radius 1 is 1.00 bits per heavy atom. The largest absolute Gasteiger partial charge is 0.492 e. The van der Waals surface area contributed by atoms with E-state index in [2.05, 4.69) is 26.6 Å². The predicted molar refractivity (Wildman–Crippen MR) is 107 cm³/mol. The molecule has 2 N–H and O–H groups in total. The molecule has 2 rings (SSSR count). The molecule has 6 heteroatoms. The molecular weight excluding hydrogens is 396 g/mol. The molecule has 0 bridgehead atoms. The number of amides is 2. The summed E-state index contributed by atoms with van der Waals surface area (Å²) in [5.74, 6) is 0.306. The lowest BCUT2D eigenvalue weighted by molar-refractivity contribution is 0.0952. The topological polar surface area (TPSA) is 67.4 Å². The summed E-state index contributed by atoms with van der Waals surface area (Å²) in [7, 11) is 0. The van der Waals surface area contributed by atoms with Crippen molar-refractivity contribution in [2.45, 2.75) is 26.7 Å². The van der Waals surface area contributed by atoms with E-state index in [4.69, 9.17) is 4.74 Å². The highest BCUT2D eigenvalue weighted by atomic mass is 79.9. The first-order valence-corrected chi connectivity index (χ1v) is 9.46. The molecular formula is C20H23BrN2O3.